The molecular weight excluding hydrogens is 1070 g/mol. The number of aryl methyl sites for hydroxylation is 2. The van der Waals surface area contributed by atoms with Gasteiger partial charge in [0.15, 0.2) is 0 Å². The van der Waals surface area contributed by atoms with Crippen LogP contribution >= 0.6 is 0 Å². The summed E-state index contributed by atoms with van der Waals surface area (Å²) >= 11 is 0. The molecule has 0 fully saturated rings. The number of pyridine rings is 1. The zero-order chi connectivity index (χ0) is 49.3. The molecule has 0 spiro atoms. The summed E-state index contributed by atoms with van der Waals surface area (Å²) in [5.41, 5.74) is 14.8. The predicted molar refractivity (Wildman–Crippen MR) is 287 cm³/mol. The predicted octanol–water partition coefficient (Wildman–Crippen LogP) is 16.9. The van der Waals surface area contributed by atoms with E-state index < -0.39 is 0 Å². The third-order valence-electron chi connectivity index (χ3n) is 13.5. The molecule has 0 unspecified atom stereocenters. The summed E-state index contributed by atoms with van der Waals surface area (Å²) in [6.07, 6.45) is 1.88. The number of benzene rings is 8. The summed E-state index contributed by atoms with van der Waals surface area (Å²) in [4.78, 5) is 4.89. The number of hydrogen-bond acceptors (Lipinski definition) is 2. The van der Waals surface area contributed by atoms with E-state index in [2.05, 4.69) is 174 Å². The van der Waals surface area contributed by atoms with Crippen LogP contribution in [0, 0.1) is 37.6 Å². The second-order valence-corrected chi connectivity index (χ2v) is 20.5. The molecule has 0 saturated heterocycles. The van der Waals surface area contributed by atoms with Gasteiger partial charge in [-0.2, -0.15) is 6.07 Å². The van der Waals surface area contributed by atoms with Crippen LogP contribution in [0.15, 0.2) is 170 Å². The maximum Gasteiger partial charge on any atom is 2.00 e. The molecule has 11 rings (SSSR count). The molecule has 356 valence electrons. The minimum atomic E-state index is -0.322. The van der Waals surface area contributed by atoms with Crippen molar-refractivity contribution >= 4 is 50.6 Å². The second-order valence-electron chi connectivity index (χ2n) is 20.5. The molecule has 5 nitrogen and oxygen atoms in total. The van der Waals surface area contributed by atoms with E-state index in [0.29, 0.717) is 17.2 Å². The topological polar surface area (TPSA) is 33.1 Å². The normalized spacial score (nSPS) is 12.4. The zero-order valence-electron chi connectivity index (χ0n) is 41.4. The first-order valence-corrected chi connectivity index (χ1v) is 24.0. The van der Waals surface area contributed by atoms with Gasteiger partial charge in [0.05, 0.1) is 11.1 Å². The van der Waals surface area contributed by atoms with Gasteiger partial charge in [-0.1, -0.05) is 137 Å². The fourth-order valence-electron chi connectivity index (χ4n) is 9.83. The third-order valence-corrected chi connectivity index (χ3v) is 13.5. The van der Waals surface area contributed by atoms with Crippen molar-refractivity contribution in [1.29, 1.82) is 0 Å². The molecular formula is C64H52F2N4OPt+2. The van der Waals surface area contributed by atoms with Gasteiger partial charge in [-0.3, -0.25) is 0 Å². The van der Waals surface area contributed by atoms with Gasteiger partial charge < -0.3 is 9.30 Å². The molecule has 8 heteroatoms. The number of halogens is 2. The maximum absolute atomic E-state index is 14.6. The number of hydrogen-bond donors (Lipinski definition) is 0. The Morgan fingerprint density at radius 3 is 1.78 bits per heavy atom. The zero-order valence-corrected chi connectivity index (χ0v) is 43.7. The van der Waals surface area contributed by atoms with E-state index in [1.807, 2.05) is 59.3 Å². The first kappa shape index (κ1) is 48.1. The van der Waals surface area contributed by atoms with Crippen molar-refractivity contribution in [2.75, 3.05) is 0 Å². The van der Waals surface area contributed by atoms with Gasteiger partial charge in [-0.25, -0.2) is 13.8 Å². The number of nitrogens with zero attached hydrogens (tertiary/aromatic N) is 4. The Morgan fingerprint density at radius 1 is 0.556 bits per heavy atom. The van der Waals surface area contributed by atoms with Crippen LogP contribution in [0.5, 0.6) is 11.5 Å². The van der Waals surface area contributed by atoms with Crippen molar-refractivity contribution in [3.63, 3.8) is 0 Å². The molecule has 8 aromatic carbocycles. The molecule has 2 aromatic heterocycles. The van der Waals surface area contributed by atoms with Crippen molar-refractivity contribution in [3.8, 4) is 50.7 Å². The van der Waals surface area contributed by atoms with Crippen molar-refractivity contribution in [2.24, 2.45) is 0 Å². The average Bonchev–Trinajstić information content (AvgIpc) is 3.89. The number of fused-ring (bicyclic) bond motifs is 4. The van der Waals surface area contributed by atoms with E-state index in [1.54, 1.807) is 0 Å². The van der Waals surface area contributed by atoms with E-state index in [9.17, 15) is 8.78 Å². The van der Waals surface area contributed by atoms with Crippen LogP contribution in [-0.4, -0.2) is 15.6 Å². The molecule has 10 aromatic rings. The Labute approximate surface area is 434 Å². The standard InChI is InChI=1S/C64H52F2N4O.Pt/c1-40-14-13-15-41(2)61(40)44-32-49(37-51(33-44)71-50-28-29-53-52-16-9-10-17-56(52)70(59(53)38-50)60-36-45(30-31-67-60)63(3,4)5)68-39-69(58-19-12-11-18-57(58)68)62-54(42-20-24-47(65)25-21-42)34-46(64(6,7)8)35-55(62)43-22-26-48(66)27-23-43;/h9-36H,1-8H3;/q;+2. The van der Waals surface area contributed by atoms with E-state index >= 15 is 0 Å². The summed E-state index contributed by atoms with van der Waals surface area (Å²) in [5, 5.41) is 2.14. The van der Waals surface area contributed by atoms with Gasteiger partial charge in [0.1, 0.15) is 23.1 Å². The van der Waals surface area contributed by atoms with Crippen LogP contribution in [0.2, 0.25) is 0 Å². The summed E-state index contributed by atoms with van der Waals surface area (Å²) in [6, 6.07) is 64.1. The van der Waals surface area contributed by atoms with Crippen LogP contribution in [0.1, 0.15) is 63.8 Å². The van der Waals surface area contributed by atoms with E-state index in [1.165, 1.54) is 29.8 Å². The van der Waals surface area contributed by atoms with Crippen LogP contribution in [0.25, 0.3) is 61.0 Å². The summed E-state index contributed by atoms with van der Waals surface area (Å²) in [6.45, 7) is 17.4. The van der Waals surface area contributed by atoms with Crippen molar-refractivity contribution in [3.05, 3.63) is 216 Å². The molecule has 1 aliphatic heterocycles. The van der Waals surface area contributed by atoms with Gasteiger partial charge >= 0.3 is 27.1 Å². The van der Waals surface area contributed by atoms with E-state index in [4.69, 9.17) is 9.72 Å². The van der Waals surface area contributed by atoms with Gasteiger partial charge in [-0.15, -0.1) is 29.1 Å². The molecule has 1 aliphatic rings. The third kappa shape index (κ3) is 8.82. The Kier molecular flexibility index (Phi) is 12.4. The Hall–Kier alpha value is -7.56. The Morgan fingerprint density at radius 2 is 1.15 bits per heavy atom. The van der Waals surface area contributed by atoms with E-state index in [-0.39, 0.29) is 43.5 Å². The summed E-state index contributed by atoms with van der Waals surface area (Å²) in [5.74, 6) is 1.19. The first-order chi connectivity index (χ1) is 34.1. The molecule has 0 bridgehead atoms. The first-order valence-electron chi connectivity index (χ1n) is 24.0. The number of rotatable bonds is 8. The summed E-state index contributed by atoms with van der Waals surface area (Å²) < 4.78 is 42.5. The van der Waals surface area contributed by atoms with E-state index in [0.717, 1.165) is 94.8 Å². The quantitative estimate of drug-likeness (QED) is 0.112. The Bertz CT molecular complexity index is 3750. The second kappa shape index (κ2) is 18.6. The fourth-order valence-corrected chi connectivity index (χ4v) is 9.83. The van der Waals surface area contributed by atoms with Crippen LogP contribution < -0.4 is 13.9 Å². The molecule has 0 saturated carbocycles. The fraction of sp³-hybridized carbons (Fsp3) is 0.156. The molecule has 0 radical (unpaired) electrons. The van der Waals surface area contributed by atoms with Crippen LogP contribution in [-0.2, 0) is 31.9 Å². The van der Waals surface area contributed by atoms with Gasteiger partial charge in [0, 0.05) is 35.3 Å². The molecule has 0 atom stereocenters. The van der Waals surface area contributed by atoms with Gasteiger partial charge in [-0.05, 0) is 128 Å². The number of para-hydroxylation sites is 3. The number of ether oxygens (including phenoxy) is 1. The SMILES string of the molecule is Cc1cccc(C)c1-c1cc(Oc2[c-]c3c(cc2)c2ccccc2n3-c2cc(C(C)(C)C)ccn2)[c-]c([N+]2=C=[N+](c3c(-c4ccc(F)cc4)cc(C(C)(C)C)cc3-c3ccc(F)cc3)c3ccccc32)c1.[Pt+2]. The Balaban J connectivity index is 0.00000596. The van der Waals surface area contributed by atoms with Crippen molar-refractivity contribution in [1.82, 2.24) is 18.7 Å². The molecule has 72 heavy (non-hydrogen) atoms. The van der Waals surface area contributed by atoms with Gasteiger partial charge in [0.25, 0.3) is 11.4 Å². The molecule has 0 amide bonds. The minimum Gasteiger partial charge on any atom is -0.509 e. The molecule has 0 aliphatic carbocycles. The van der Waals surface area contributed by atoms with Gasteiger partial charge in [0.2, 0.25) is 5.69 Å². The van der Waals surface area contributed by atoms with Crippen LogP contribution in [0.4, 0.5) is 31.5 Å². The maximum atomic E-state index is 14.6. The number of aromatic nitrogens is 2. The molecule has 3 heterocycles. The smallest absolute Gasteiger partial charge is 0.509 e. The minimum absolute atomic E-state index is 0. The average molecular weight is 1130 g/mol. The van der Waals surface area contributed by atoms with Crippen molar-refractivity contribution < 1.29 is 34.6 Å². The summed E-state index contributed by atoms with van der Waals surface area (Å²) in [7, 11) is 0. The molecule has 0 N–H and O–H groups in total. The van der Waals surface area contributed by atoms with Crippen molar-refractivity contribution in [2.45, 2.75) is 66.2 Å². The monoisotopic (exact) mass is 1130 g/mol. The largest absolute Gasteiger partial charge is 2.00 e. The van der Waals surface area contributed by atoms with Crippen LogP contribution in [0.3, 0.4) is 0 Å².